The van der Waals surface area contributed by atoms with E-state index in [1.807, 2.05) is 26.0 Å². The molecule has 5 nitrogen and oxygen atoms in total. The monoisotopic (exact) mass is 483 g/mol. The van der Waals surface area contributed by atoms with E-state index < -0.39 is 5.82 Å². The molecule has 0 bridgehead atoms. The van der Waals surface area contributed by atoms with Gasteiger partial charge in [-0.1, -0.05) is 18.2 Å². The second kappa shape index (κ2) is 9.34. The lowest BCUT2D eigenvalue weighted by atomic mass is 9.98. The van der Waals surface area contributed by atoms with Crippen LogP contribution >= 0.6 is 0 Å². The van der Waals surface area contributed by atoms with Crippen molar-refractivity contribution in [3.63, 3.8) is 0 Å². The van der Waals surface area contributed by atoms with Gasteiger partial charge in [0.15, 0.2) is 5.43 Å². The third-order valence-electron chi connectivity index (χ3n) is 6.13. The molecule has 0 aliphatic carbocycles. The number of pyridine rings is 2. The van der Waals surface area contributed by atoms with E-state index in [9.17, 15) is 13.6 Å². The van der Waals surface area contributed by atoms with Crippen molar-refractivity contribution in [3.8, 4) is 22.6 Å². The molecule has 5 rings (SSSR count). The first-order valence-corrected chi connectivity index (χ1v) is 11.5. The van der Waals surface area contributed by atoms with Gasteiger partial charge in [-0.25, -0.2) is 8.78 Å². The minimum Gasteiger partial charge on any atom is -0.455 e. The van der Waals surface area contributed by atoms with Gasteiger partial charge < -0.3 is 9.73 Å². The first-order valence-electron chi connectivity index (χ1n) is 11.5. The van der Waals surface area contributed by atoms with Gasteiger partial charge in [-0.3, -0.25) is 14.8 Å². The van der Waals surface area contributed by atoms with Crippen molar-refractivity contribution in [2.75, 3.05) is 5.32 Å². The lowest BCUT2D eigenvalue weighted by molar-refractivity contribution is 0.598. The van der Waals surface area contributed by atoms with Crippen LogP contribution in [-0.2, 0) is 0 Å². The number of aryl methyl sites for hydroxylation is 1. The second-order valence-corrected chi connectivity index (χ2v) is 8.75. The average Bonchev–Trinajstić information content (AvgIpc) is 2.87. The molecule has 0 aliphatic heterocycles. The number of hydrogen-bond acceptors (Lipinski definition) is 5. The number of halogens is 2. The molecule has 0 unspecified atom stereocenters. The van der Waals surface area contributed by atoms with Crippen molar-refractivity contribution in [2.45, 2.75) is 26.8 Å². The van der Waals surface area contributed by atoms with Crippen LogP contribution in [-0.4, -0.2) is 9.97 Å². The molecule has 0 saturated heterocycles. The Kier molecular flexibility index (Phi) is 6.06. The molecule has 1 N–H and O–H groups in total. The van der Waals surface area contributed by atoms with E-state index in [0.717, 1.165) is 17.3 Å². The zero-order valence-corrected chi connectivity index (χ0v) is 20.0. The highest BCUT2D eigenvalue weighted by atomic mass is 19.1. The fourth-order valence-corrected chi connectivity index (χ4v) is 4.40. The molecule has 7 heteroatoms. The Morgan fingerprint density at radius 2 is 1.81 bits per heavy atom. The minimum absolute atomic E-state index is 0.193. The van der Waals surface area contributed by atoms with E-state index in [1.165, 1.54) is 18.3 Å². The fraction of sp³-hybridized carbons (Fsp3) is 0.138. The van der Waals surface area contributed by atoms with Gasteiger partial charge in [0.05, 0.1) is 29.0 Å². The highest BCUT2D eigenvalue weighted by molar-refractivity contribution is 5.85. The Morgan fingerprint density at radius 3 is 2.58 bits per heavy atom. The third-order valence-corrected chi connectivity index (χ3v) is 6.13. The van der Waals surface area contributed by atoms with Crippen LogP contribution < -0.4 is 10.7 Å². The molecule has 0 saturated carbocycles. The molecule has 1 atom stereocenters. The Bertz CT molecular complexity index is 1660. The first-order chi connectivity index (χ1) is 17.3. The summed E-state index contributed by atoms with van der Waals surface area (Å²) in [5, 5.41) is 3.85. The number of aromatic nitrogens is 2. The van der Waals surface area contributed by atoms with E-state index in [4.69, 9.17) is 4.42 Å². The highest BCUT2D eigenvalue weighted by Crippen LogP contribution is 2.34. The summed E-state index contributed by atoms with van der Waals surface area (Å²) in [4.78, 5) is 21.6. The van der Waals surface area contributed by atoms with Crippen LogP contribution in [0, 0.1) is 25.5 Å². The molecular weight excluding hydrogens is 460 g/mol. The van der Waals surface area contributed by atoms with Gasteiger partial charge >= 0.3 is 0 Å². The molecule has 180 valence electrons. The number of nitrogens with one attached hydrogen (secondary N) is 1. The van der Waals surface area contributed by atoms with Crippen molar-refractivity contribution in [2.24, 2.45) is 0 Å². The first kappa shape index (κ1) is 23.4. The Morgan fingerprint density at radius 1 is 1.00 bits per heavy atom. The Balaban J connectivity index is 1.64. The minimum atomic E-state index is -0.522. The predicted molar refractivity (Wildman–Crippen MR) is 137 cm³/mol. The molecule has 0 fully saturated rings. The van der Waals surface area contributed by atoms with Gasteiger partial charge in [0.2, 0.25) is 0 Å². The average molecular weight is 484 g/mol. The van der Waals surface area contributed by atoms with Crippen molar-refractivity contribution >= 4 is 16.7 Å². The molecule has 5 aromatic rings. The number of fused-ring (bicyclic) bond motifs is 1. The van der Waals surface area contributed by atoms with Crippen LogP contribution in [0.1, 0.15) is 29.7 Å². The van der Waals surface area contributed by atoms with Gasteiger partial charge in [0.25, 0.3) is 0 Å². The number of nitrogens with zero attached hydrogens (tertiary/aromatic N) is 2. The zero-order valence-electron chi connectivity index (χ0n) is 20.0. The molecule has 3 aromatic heterocycles. The molecule has 0 spiro atoms. The van der Waals surface area contributed by atoms with Crippen molar-refractivity contribution < 1.29 is 13.2 Å². The second-order valence-electron chi connectivity index (χ2n) is 8.75. The van der Waals surface area contributed by atoms with Crippen LogP contribution in [0.3, 0.4) is 0 Å². The van der Waals surface area contributed by atoms with Crippen LogP contribution in [0.15, 0.2) is 82.4 Å². The van der Waals surface area contributed by atoms with Crippen molar-refractivity contribution in [1.82, 2.24) is 9.97 Å². The maximum Gasteiger partial charge on any atom is 0.196 e. The van der Waals surface area contributed by atoms with E-state index in [0.29, 0.717) is 39.0 Å². The molecule has 0 aliphatic rings. The SMILES string of the molecule is Cc1cc([C@@H](C)Nc2cccnc2-c2ccccc2F)c2oc(-c3cncc(F)c3)c(C)c(=O)c2c1. The number of anilines is 1. The standard InChI is InChI=1S/C29H23F2N3O2/c1-16-11-22(18(3)34-25-9-6-10-33-26(25)21-7-4-5-8-24(21)31)29-23(12-16)27(35)17(2)28(36-29)19-13-20(30)15-32-14-19/h4-15,18,34H,1-3H3/t18-/m1/s1. The number of benzene rings is 2. The fourth-order valence-electron chi connectivity index (χ4n) is 4.40. The number of hydrogen-bond donors (Lipinski definition) is 1. The van der Waals surface area contributed by atoms with Crippen LogP contribution in [0.5, 0.6) is 0 Å². The smallest absolute Gasteiger partial charge is 0.196 e. The van der Waals surface area contributed by atoms with Gasteiger partial charge in [0.1, 0.15) is 23.0 Å². The van der Waals surface area contributed by atoms with Gasteiger partial charge in [-0.05, 0) is 62.7 Å². The largest absolute Gasteiger partial charge is 0.455 e. The quantitative estimate of drug-likeness (QED) is 0.292. The Labute approximate surface area is 206 Å². The predicted octanol–water partition coefficient (Wildman–Crippen LogP) is 6.99. The van der Waals surface area contributed by atoms with E-state index in [-0.39, 0.29) is 23.0 Å². The lowest BCUT2D eigenvalue weighted by Gasteiger charge is -2.20. The summed E-state index contributed by atoms with van der Waals surface area (Å²) in [5.41, 5.74) is 4.07. The summed E-state index contributed by atoms with van der Waals surface area (Å²) < 4.78 is 34.7. The summed E-state index contributed by atoms with van der Waals surface area (Å²) in [5.74, 6) is -0.626. The number of rotatable bonds is 5. The van der Waals surface area contributed by atoms with E-state index >= 15 is 0 Å². The van der Waals surface area contributed by atoms with Crippen LogP contribution in [0.4, 0.5) is 14.5 Å². The molecule has 36 heavy (non-hydrogen) atoms. The molecule has 2 aromatic carbocycles. The maximum absolute atomic E-state index is 14.5. The van der Waals surface area contributed by atoms with Crippen LogP contribution in [0.25, 0.3) is 33.6 Å². The summed E-state index contributed by atoms with van der Waals surface area (Å²) in [7, 11) is 0. The third kappa shape index (κ3) is 4.24. The summed E-state index contributed by atoms with van der Waals surface area (Å²) in [6.45, 7) is 5.49. The lowest BCUT2D eigenvalue weighted by Crippen LogP contribution is -2.13. The van der Waals surface area contributed by atoms with E-state index in [2.05, 4.69) is 15.3 Å². The van der Waals surface area contributed by atoms with Crippen molar-refractivity contribution in [3.05, 3.63) is 112 Å². The topological polar surface area (TPSA) is 68.0 Å². The molecule has 0 amide bonds. The van der Waals surface area contributed by atoms with Gasteiger partial charge in [-0.2, -0.15) is 0 Å². The van der Waals surface area contributed by atoms with Crippen molar-refractivity contribution in [1.29, 1.82) is 0 Å². The highest BCUT2D eigenvalue weighted by Gasteiger charge is 2.20. The van der Waals surface area contributed by atoms with Crippen LogP contribution in [0.2, 0.25) is 0 Å². The molecule has 0 radical (unpaired) electrons. The zero-order chi connectivity index (χ0) is 25.4. The summed E-state index contributed by atoms with van der Waals surface area (Å²) in [6, 6.07) is 14.7. The molecular formula is C29H23F2N3O2. The summed E-state index contributed by atoms with van der Waals surface area (Å²) in [6.07, 6.45) is 4.17. The molecule has 3 heterocycles. The maximum atomic E-state index is 14.5. The summed E-state index contributed by atoms with van der Waals surface area (Å²) >= 11 is 0. The van der Waals surface area contributed by atoms with Gasteiger partial charge in [0, 0.05) is 34.6 Å². The van der Waals surface area contributed by atoms with Gasteiger partial charge in [-0.15, -0.1) is 0 Å². The van der Waals surface area contributed by atoms with E-state index in [1.54, 1.807) is 43.5 Å². The normalized spacial score (nSPS) is 12.0. The Hall–Kier alpha value is -4.39.